The summed E-state index contributed by atoms with van der Waals surface area (Å²) in [5, 5.41) is 0. The second kappa shape index (κ2) is 5.48. The van der Waals surface area contributed by atoms with E-state index in [1.807, 2.05) is 0 Å². The van der Waals surface area contributed by atoms with Crippen molar-refractivity contribution in [1.29, 1.82) is 0 Å². The molecule has 1 aromatic heterocycles. The predicted molar refractivity (Wildman–Crippen MR) is 76.9 cm³/mol. The Balaban J connectivity index is 2.05. The van der Waals surface area contributed by atoms with E-state index in [4.69, 9.17) is 9.15 Å². The number of furan rings is 1. The summed E-state index contributed by atoms with van der Waals surface area (Å²) in [6.45, 7) is 3.95. The van der Waals surface area contributed by atoms with Gasteiger partial charge in [-0.2, -0.15) is 4.31 Å². The highest BCUT2D eigenvalue weighted by molar-refractivity contribution is 7.89. The van der Waals surface area contributed by atoms with Crippen molar-refractivity contribution in [3.8, 4) is 0 Å². The molecule has 21 heavy (non-hydrogen) atoms. The maximum atomic E-state index is 12.9. The first-order chi connectivity index (χ1) is 10.1. The lowest BCUT2D eigenvalue weighted by Gasteiger charge is -2.24. The van der Waals surface area contributed by atoms with Crippen LogP contribution in [0.2, 0.25) is 0 Å². The Labute approximate surface area is 123 Å². The van der Waals surface area contributed by atoms with Crippen LogP contribution in [0.3, 0.4) is 0 Å². The van der Waals surface area contributed by atoms with Gasteiger partial charge in [0, 0.05) is 0 Å². The van der Waals surface area contributed by atoms with Gasteiger partial charge in [-0.25, -0.2) is 8.42 Å². The number of hydrogen-bond donors (Lipinski definition) is 0. The minimum absolute atomic E-state index is 0.221. The van der Waals surface area contributed by atoms with Gasteiger partial charge in [0.25, 0.3) is 0 Å². The maximum absolute atomic E-state index is 12.9. The molecule has 0 spiro atoms. The molecule has 1 aromatic carbocycles. The Morgan fingerprint density at radius 3 is 2.57 bits per heavy atom. The molecule has 0 amide bonds. The predicted octanol–water partition coefficient (Wildman–Crippen LogP) is 2.55. The van der Waals surface area contributed by atoms with E-state index in [1.54, 1.807) is 48.5 Å². The van der Waals surface area contributed by atoms with Crippen molar-refractivity contribution in [2.24, 2.45) is 0 Å². The molecule has 110 valence electrons. The van der Waals surface area contributed by atoms with E-state index in [-0.39, 0.29) is 11.5 Å². The summed E-state index contributed by atoms with van der Waals surface area (Å²) in [5.41, 5.74) is 0. The Kier molecular flexibility index (Phi) is 3.67. The Hall–Kier alpha value is -1.89. The number of ether oxygens (including phenoxy) is 1. The smallest absolute Gasteiger partial charge is 0.246 e. The summed E-state index contributed by atoms with van der Waals surface area (Å²) in [6, 6.07) is 11.2. The zero-order valence-corrected chi connectivity index (χ0v) is 12.1. The van der Waals surface area contributed by atoms with Gasteiger partial charge in [0.15, 0.2) is 6.23 Å². The van der Waals surface area contributed by atoms with E-state index in [9.17, 15) is 8.42 Å². The minimum Gasteiger partial charge on any atom is -0.465 e. The van der Waals surface area contributed by atoms with Crippen LogP contribution in [0.25, 0.3) is 0 Å². The highest BCUT2D eigenvalue weighted by atomic mass is 32.2. The third kappa shape index (κ3) is 2.42. The molecule has 0 unspecified atom stereocenters. The van der Waals surface area contributed by atoms with Crippen molar-refractivity contribution in [3.63, 3.8) is 0 Å². The van der Waals surface area contributed by atoms with Crippen LogP contribution in [0, 0.1) is 0 Å². The molecule has 2 atom stereocenters. The molecule has 3 rings (SSSR count). The molecule has 0 N–H and O–H groups in total. The van der Waals surface area contributed by atoms with Crippen molar-refractivity contribution < 1.29 is 17.6 Å². The van der Waals surface area contributed by atoms with Gasteiger partial charge >= 0.3 is 0 Å². The van der Waals surface area contributed by atoms with Crippen molar-refractivity contribution in [2.75, 3.05) is 6.61 Å². The van der Waals surface area contributed by atoms with Crippen LogP contribution in [0.15, 0.2) is 70.7 Å². The van der Waals surface area contributed by atoms with Crippen molar-refractivity contribution >= 4 is 10.0 Å². The number of hydrogen-bond acceptors (Lipinski definition) is 4. The second-order valence-corrected chi connectivity index (χ2v) is 6.50. The Morgan fingerprint density at radius 1 is 1.19 bits per heavy atom. The average molecular weight is 305 g/mol. The molecule has 0 aliphatic carbocycles. The minimum atomic E-state index is -3.70. The van der Waals surface area contributed by atoms with E-state index < -0.39 is 22.3 Å². The van der Waals surface area contributed by atoms with Gasteiger partial charge in [-0.1, -0.05) is 24.3 Å². The fourth-order valence-electron chi connectivity index (χ4n) is 2.34. The normalized spacial score (nSPS) is 23.2. The van der Waals surface area contributed by atoms with Crippen LogP contribution in [0.4, 0.5) is 0 Å². The molecule has 1 aliphatic heterocycles. The lowest BCUT2D eigenvalue weighted by Crippen LogP contribution is -2.37. The molecule has 0 radical (unpaired) electrons. The van der Waals surface area contributed by atoms with Crippen molar-refractivity contribution in [2.45, 2.75) is 17.2 Å². The van der Waals surface area contributed by atoms with Gasteiger partial charge in [-0.15, -0.1) is 6.58 Å². The summed E-state index contributed by atoms with van der Waals surface area (Å²) in [4.78, 5) is 0.221. The van der Waals surface area contributed by atoms with Gasteiger partial charge in [0.05, 0.1) is 23.8 Å². The van der Waals surface area contributed by atoms with Crippen molar-refractivity contribution in [3.05, 3.63) is 67.1 Å². The Bertz CT molecular complexity index is 709. The summed E-state index contributed by atoms with van der Waals surface area (Å²) in [7, 11) is -3.70. The summed E-state index contributed by atoms with van der Waals surface area (Å²) in [6.07, 6.45) is 2.30. The molecule has 0 bridgehead atoms. The van der Waals surface area contributed by atoms with E-state index >= 15 is 0 Å². The molecule has 2 aromatic rings. The molecule has 1 saturated heterocycles. The molecule has 6 heteroatoms. The number of benzene rings is 1. The van der Waals surface area contributed by atoms with E-state index in [2.05, 4.69) is 6.58 Å². The number of sulfonamides is 1. The van der Waals surface area contributed by atoms with Crippen LogP contribution >= 0.6 is 0 Å². The molecule has 5 nitrogen and oxygen atoms in total. The van der Waals surface area contributed by atoms with Crippen LogP contribution in [0.5, 0.6) is 0 Å². The topological polar surface area (TPSA) is 59.8 Å². The van der Waals surface area contributed by atoms with Gasteiger partial charge in [0.1, 0.15) is 5.76 Å². The first-order valence-electron chi connectivity index (χ1n) is 6.51. The number of nitrogens with zero attached hydrogens (tertiary/aromatic N) is 1. The Morgan fingerprint density at radius 2 is 1.95 bits per heavy atom. The van der Waals surface area contributed by atoms with Gasteiger partial charge in [-0.3, -0.25) is 0 Å². The van der Waals surface area contributed by atoms with E-state index in [1.165, 1.54) is 10.6 Å². The van der Waals surface area contributed by atoms with Gasteiger partial charge < -0.3 is 9.15 Å². The second-order valence-electron chi connectivity index (χ2n) is 4.65. The third-order valence-corrected chi connectivity index (χ3v) is 5.25. The molecule has 1 aliphatic rings. The fraction of sp³-hybridized carbons (Fsp3) is 0.200. The van der Waals surface area contributed by atoms with Crippen LogP contribution in [-0.2, 0) is 14.8 Å². The summed E-state index contributed by atoms with van der Waals surface area (Å²) in [5.74, 6) is 0.457. The molecular formula is C15H15NO4S. The average Bonchev–Trinajstić information content (AvgIpc) is 3.16. The molecule has 1 fully saturated rings. The third-order valence-electron chi connectivity index (χ3n) is 3.36. The molecule has 0 saturated carbocycles. The molecular weight excluding hydrogens is 290 g/mol. The van der Waals surface area contributed by atoms with E-state index in [0.717, 1.165) is 0 Å². The fourth-order valence-corrected chi connectivity index (χ4v) is 4.01. The van der Waals surface area contributed by atoms with Gasteiger partial charge in [-0.05, 0) is 24.3 Å². The van der Waals surface area contributed by atoms with Gasteiger partial charge in [0.2, 0.25) is 10.0 Å². The van der Waals surface area contributed by atoms with Crippen LogP contribution in [-0.4, -0.2) is 25.4 Å². The quantitative estimate of drug-likeness (QED) is 0.815. The summed E-state index contributed by atoms with van der Waals surface area (Å²) >= 11 is 0. The zero-order valence-electron chi connectivity index (χ0n) is 11.3. The monoisotopic (exact) mass is 305 g/mol. The largest absolute Gasteiger partial charge is 0.465 e. The van der Waals surface area contributed by atoms with Crippen LogP contribution < -0.4 is 0 Å². The highest BCUT2D eigenvalue weighted by Gasteiger charge is 2.44. The SMILES string of the molecule is C=C[C@H]1CO[C@@H](c2ccco2)N1S(=O)(=O)c1ccccc1. The lowest BCUT2D eigenvalue weighted by molar-refractivity contribution is 0.0495. The van der Waals surface area contributed by atoms with Crippen LogP contribution in [0.1, 0.15) is 12.0 Å². The standard InChI is InChI=1S/C15H15NO4S/c1-2-12-11-20-15(14-9-6-10-19-14)16(12)21(17,18)13-7-4-3-5-8-13/h2-10,12,15H,1,11H2/t12-,15-/m0/s1. The lowest BCUT2D eigenvalue weighted by atomic mass is 10.3. The number of rotatable bonds is 4. The highest BCUT2D eigenvalue weighted by Crippen LogP contribution is 2.36. The van der Waals surface area contributed by atoms with Crippen molar-refractivity contribution in [1.82, 2.24) is 4.31 Å². The summed E-state index contributed by atoms with van der Waals surface area (Å²) < 4.78 is 37.9. The molecule has 2 heterocycles. The van der Waals surface area contributed by atoms with E-state index in [0.29, 0.717) is 5.76 Å². The first-order valence-corrected chi connectivity index (χ1v) is 7.95. The first kappa shape index (κ1) is 14.1. The zero-order chi connectivity index (χ0) is 14.9. The maximum Gasteiger partial charge on any atom is 0.246 e.